The number of alkyl halides is 6. The van der Waals surface area contributed by atoms with Crippen LogP contribution in [0.4, 0.5) is 31.1 Å². The van der Waals surface area contributed by atoms with Crippen LogP contribution >= 0.6 is 35.6 Å². The van der Waals surface area contributed by atoms with Gasteiger partial charge in [0.1, 0.15) is 0 Å². The molecule has 200 valence electrons. The molecule has 1 N–H and O–H groups in total. The zero-order chi connectivity index (χ0) is 26.1. The minimum Gasteiger partial charge on any atom is -0.324 e. The lowest BCUT2D eigenvalue weighted by Crippen LogP contribution is -2.51. The monoisotopic (exact) mass is 577 g/mol. The van der Waals surface area contributed by atoms with Gasteiger partial charge in [0, 0.05) is 39.1 Å². The number of amides is 2. The van der Waals surface area contributed by atoms with E-state index in [0.717, 1.165) is 10.5 Å². The molecule has 2 amide bonds. The summed E-state index contributed by atoms with van der Waals surface area (Å²) in [5.74, 6) is -0.147. The number of piperidine rings is 1. The highest BCUT2D eigenvalue weighted by Crippen LogP contribution is 2.37. The first kappa shape index (κ1) is 30.3. The number of urea groups is 1. The Balaban J connectivity index is 0.00000456. The summed E-state index contributed by atoms with van der Waals surface area (Å²) in [6.07, 6.45) is -9.34. The van der Waals surface area contributed by atoms with Crippen molar-refractivity contribution in [3.63, 3.8) is 0 Å². The van der Waals surface area contributed by atoms with E-state index in [0.29, 0.717) is 41.7 Å². The number of carbonyl (C=O) groups is 1. The van der Waals surface area contributed by atoms with Gasteiger partial charge in [-0.2, -0.15) is 26.3 Å². The molecule has 1 aliphatic rings. The minimum atomic E-state index is -4.96. The summed E-state index contributed by atoms with van der Waals surface area (Å²) in [5, 5.41) is 4.01. The number of nitrogens with zero attached hydrogens (tertiary/aromatic N) is 2. The first-order valence-electron chi connectivity index (χ1n) is 10.6. The van der Waals surface area contributed by atoms with Crippen LogP contribution in [0.1, 0.15) is 34.6 Å². The Morgan fingerprint density at radius 1 is 0.972 bits per heavy atom. The van der Waals surface area contributed by atoms with Gasteiger partial charge < -0.3 is 15.1 Å². The molecule has 2 atom stereocenters. The summed E-state index contributed by atoms with van der Waals surface area (Å²) < 4.78 is 79.1. The topological polar surface area (TPSA) is 35.6 Å². The lowest BCUT2D eigenvalue weighted by atomic mass is 9.86. The lowest BCUT2D eigenvalue weighted by molar-refractivity contribution is -0.143. The van der Waals surface area contributed by atoms with Gasteiger partial charge in [-0.15, -0.1) is 12.4 Å². The summed E-state index contributed by atoms with van der Waals surface area (Å²) in [5.41, 5.74) is -2.27. The van der Waals surface area contributed by atoms with Crippen molar-refractivity contribution in [2.24, 2.45) is 0 Å². The van der Waals surface area contributed by atoms with Crippen LogP contribution in [0, 0.1) is 0 Å². The SMILES string of the molecule is CN(Cc1cc(C(F)(F)F)cc(C(F)(F)F)c1)C(=O)N(C)[C@@H]1CCNC[C@H]1c1ccc(Cl)c(Cl)c1.Cl. The molecule has 1 aliphatic heterocycles. The molecule has 0 saturated carbocycles. The number of rotatable bonds is 4. The van der Waals surface area contributed by atoms with Crippen molar-refractivity contribution in [3.8, 4) is 0 Å². The van der Waals surface area contributed by atoms with E-state index in [9.17, 15) is 31.1 Å². The van der Waals surface area contributed by atoms with Crippen LogP contribution in [0.3, 0.4) is 0 Å². The van der Waals surface area contributed by atoms with Crippen LogP contribution in [0.25, 0.3) is 0 Å². The van der Waals surface area contributed by atoms with E-state index in [1.54, 1.807) is 19.2 Å². The van der Waals surface area contributed by atoms with Gasteiger partial charge in [0.05, 0.1) is 21.2 Å². The summed E-state index contributed by atoms with van der Waals surface area (Å²) in [4.78, 5) is 15.7. The molecule has 1 saturated heterocycles. The average molecular weight is 579 g/mol. The third-order valence-corrected chi connectivity index (χ3v) is 6.75. The molecule has 2 aromatic carbocycles. The minimum absolute atomic E-state index is 0. The van der Waals surface area contributed by atoms with Gasteiger partial charge in [0.2, 0.25) is 0 Å². The van der Waals surface area contributed by atoms with Crippen LogP contribution in [-0.4, -0.2) is 49.1 Å². The number of benzene rings is 2. The Morgan fingerprint density at radius 3 is 2.08 bits per heavy atom. The molecule has 36 heavy (non-hydrogen) atoms. The van der Waals surface area contributed by atoms with Crippen LogP contribution < -0.4 is 5.32 Å². The van der Waals surface area contributed by atoms with Crippen molar-refractivity contribution < 1.29 is 31.1 Å². The van der Waals surface area contributed by atoms with Gasteiger partial charge in [0.15, 0.2) is 0 Å². The molecular weight excluding hydrogens is 555 g/mol. The molecule has 0 aliphatic carbocycles. The normalized spacial score (nSPS) is 18.4. The van der Waals surface area contributed by atoms with Crippen LogP contribution in [0.5, 0.6) is 0 Å². The summed E-state index contributed by atoms with van der Waals surface area (Å²) >= 11 is 12.2. The molecule has 0 unspecified atom stereocenters. The zero-order valence-electron chi connectivity index (χ0n) is 19.2. The molecule has 0 bridgehead atoms. The van der Waals surface area contributed by atoms with Crippen LogP contribution in [-0.2, 0) is 18.9 Å². The van der Waals surface area contributed by atoms with E-state index < -0.39 is 36.1 Å². The molecule has 3 rings (SSSR count). The molecule has 2 aromatic rings. The summed E-state index contributed by atoms with van der Waals surface area (Å²) in [6, 6.07) is 5.69. The average Bonchev–Trinajstić information content (AvgIpc) is 2.78. The predicted octanol–water partition coefficient (Wildman–Crippen LogP) is 7.08. The van der Waals surface area contributed by atoms with Crippen molar-refractivity contribution in [3.05, 3.63) is 68.7 Å². The highest BCUT2D eigenvalue weighted by atomic mass is 35.5. The third kappa shape index (κ3) is 7.12. The Morgan fingerprint density at radius 2 is 1.56 bits per heavy atom. The fraction of sp³-hybridized carbons (Fsp3) is 0.435. The molecule has 1 heterocycles. The van der Waals surface area contributed by atoms with E-state index in [-0.39, 0.29) is 36.0 Å². The molecule has 1 fully saturated rings. The first-order chi connectivity index (χ1) is 16.2. The van der Waals surface area contributed by atoms with E-state index in [2.05, 4.69) is 5.32 Å². The number of nitrogens with one attached hydrogen (secondary N) is 1. The van der Waals surface area contributed by atoms with Gasteiger partial charge in [-0.1, -0.05) is 29.3 Å². The van der Waals surface area contributed by atoms with E-state index >= 15 is 0 Å². The second-order valence-corrected chi connectivity index (χ2v) is 9.32. The Kier molecular flexibility index (Phi) is 9.83. The maximum Gasteiger partial charge on any atom is 0.416 e. The van der Waals surface area contributed by atoms with E-state index in [1.165, 1.54) is 11.9 Å². The molecule has 0 aromatic heterocycles. The second kappa shape index (κ2) is 11.7. The first-order valence-corrected chi connectivity index (χ1v) is 11.4. The van der Waals surface area contributed by atoms with Crippen LogP contribution in [0.15, 0.2) is 36.4 Å². The Hall–Kier alpha value is -1.88. The standard InChI is InChI=1S/C23H23Cl2F6N3O.ClH/c1-33(12-13-7-15(22(26,27)28)10-16(8-13)23(29,30)31)21(35)34(2)20-5-6-32-11-17(20)14-3-4-18(24)19(25)9-14;/h3-4,7-10,17,20,32H,5-6,11-12H2,1-2H3;1H/t17-,20+;/m0./s1. The van der Waals surface area contributed by atoms with E-state index in [1.807, 2.05) is 6.07 Å². The lowest BCUT2D eigenvalue weighted by Gasteiger charge is -2.40. The summed E-state index contributed by atoms with van der Waals surface area (Å²) in [7, 11) is 2.90. The number of hydrogen-bond donors (Lipinski definition) is 1. The van der Waals surface area contributed by atoms with Gasteiger partial charge >= 0.3 is 18.4 Å². The summed E-state index contributed by atoms with van der Waals surface area (Å²) in [6.45, 7) is 0.748. The Bertz CT molecular complexity index is 1050. The number of carbonyl (C=O) groups excluding carboxylic acids is 1. The quantitative estimate of drug-likeness (QED) is 0.394. The maximum absolute atomic E-state index is 13.2. The van der Waals surface area contributed by atoms with Crippen molar-refractivity contribution in [2.75, 3.05) is 27.2 Å². The van der Waals surface area contributed by atoms with Crippen molar-refractivity contribution in [1.29, 1.82) is 0 Å². The fourth-order valence-corrected chi connectivity index (χ4v) is 4.56. The number of hydrogen-bond acceptors (Lipinski definition) is 2. The molecular formula is C23H24Cl3F6N3O. The highest BCUT2D eigenvalue weighted by molar-refractivity contribution is 6.42. The molecule has 4 nitrogen and oxygen atoms in total. The zero-order valence-corrected chi connectivity index (χ0v) is 21.5. The van der Waals surface area contributed by atoms with E-state index in [4.69, 9.17) is 23.2 Å². The van der Waals surface area contributed by atoms with Gasteiger partial charge in [-0.25, -0.2) is 4.79 Å². The van der Waals surface area contributed by atoms with Crippen LogP contribution in [0.2, 0.25) is 10.0 Å². The van der Waals surface area contributed by atoms with Crippen molar-refractivity contribution in [1.82, 2.24) is 15.1 Å². The van der Waals surface area contributed by atoms with Crippen molar-refractivity contribution >= 4 is 41.6 Å². The number of halogens is 9. The molecule has 13 heteroatoms. The van der Waals surface area contributed by atoms with Gasteiger partial charge in [-0.3, -0.25) is 0 Å². The fourth-order valence-electron chi connectivity index (χ4n) is 4.25. The molecule has 0 radical (unpaired) electrons. The van der Waals surface area contributed by atoms with Gasteiger partial charge in [0.25, 0.3) is 0 Å². The third-order valence-electron chi connectivity index (χ3n) is 6.01. The second-order valence-electron chi connectivity index (χ2n) is 8.50. The highest BCUT2D eigenvalue weighted by Gasteiger charge is 2.37. The smallest absolute Gasteiger partial charge is 0.324 e. The predicted molar refractivity (Wildman–Crippen MR) is 129 cm³/mol. The van der Waals surface area contributed by atoms with Crippen molar-refractivity contribution in [2.45, 2.75) is 37.3 Å². The Labute approximate surface area is 220 Å². The maximum atomic E-state index is 13.2. The number of likely N-dealkylation sites (N-methyl/N-ethyl adjacent to an activating group) is 1. The molecule has 0 spiro atoms. The largest absolute Gasteiger partial charge is 0.416 e. The van der Waals surface area contributed by atoms with Gasteiger partial charge in [-0.05, 0) is 54.4 Å².